The van der Waals surface area contributed by atoms with Crippen LogP contribution in [0.1, 0.15) is 22.7 Å². The largest absolute Gasteiger partial charge is 0.507 e. The number of hydrogen-bond donors (Lipinski definition) is 1. The minimum absolute atomic E-state index is 0.0552. The van der Waals surface area contributed by atoms with Crippen LogP contribution in [0.2, 0.25) is 15.1 Å². The highest BCUT2D eigenvalue weighted by Gasteiger charge is 2.46. The van der Waals surface area contributed by atoms with Crippen LogP contribution in [0.25, 0.3) is 5.76 Å². The molecule has 3 aromatic rings. The van der Waals surface area contributed by atoms with Gasteiger partial charge in [-0.25, -0.2) is 0 Å². The number of halogens is 3. The van der Waals surface area contributed by atoms with Crippen LogP contribution >= 0.6 is 34.8 Å². The Morgan fingerprint density at radius 1 is 1.00 bits per heavy atom. The summed E-state index contributed by atoms with van der Waals surface area (Å²) in [5, 5.41) is 12.2. The smallest absolute Gasteiger partial charge is 0.295 e. The van der Waals surface area contributed by atoms with E-state index in [0.717, 1.165) is 5.56 Å². The number of ketones is 1. The second kappa shape index (κ2) is 8.71. The number of benzene rings is 2. The maximum Gasteiger partial charge on any atom is 0.295 e. The lowest BCUT2D eigenvalue weighted by atomic mass is 9.95. The third-order valence-electron chi connectivity index (χ3n) is 4.99. The molecule has 1 atom stereocenters. The molecule has 1 saturated heterocycles. The highest BCUT2D eigenvalue weighted by molar-refractivity contribution is 6.47. The van der Waals surface area contributed by atoms with E-state index in [0.29, 0.717) is 21.2 Å². The monoisotopic (exact) mass is 472 g/mol. The topological polar surface area (TPSA) is 70.5 Å². The molecule has 31 heavy (non-hydrogen) atoms. The predicted molar refractivity (Wildman–Crippen MR) is 120 cm³/mol. The lowest BCUT2D eigenvalue weighted by Crippen LogP contribution is -2.29. The quantitative estimate of drug-likeness (QED) is 0.301. The van der Waals surface area contributed by atoms with Crippen molar-refractivity contribution < 1.29 is 14.7 Å². The number of aliphatic hydroxyl groups is 1. The van der Waals surface area contributed by atoms with Crippen LogP contribution in [0.4, 0.5) is 0 Å². The van der Waals surface area contributed by atoms with Gasteiger partial charge >= 0.3 is 0 Å². The van der Waals surface area contributed by atoms with Gasteiger partial charge in [0, 0.05) is 39.6 Å². The predicted octanol–water partition coefficient (Wildman–Crippen LogP) is 5.66. The van der Waals surface area contributed by atoms with Crippen LogP contribution < -0.4 is 0 Å². The van der Waals surface area contributed by atoms with E-state index in [9.17, 15) is 14.7 Å². The average Bonchev–Trinajstić information content (AvgIpc) is 2.99. The average molecular weight is 474 g/mol. The summed E-state index contributed by atoms with van der Waals surface area (Å²) in [5.74, 6) is -1.84. The lowest BCUT2D eigenvalue weighted by molar-refractivity contribution is -0.140. The van der Waals surface area contributed by atoms with Crippen molar-refractivity contribution in [3.8, 4) is 0 Å². The second-order valence-electron chi connectivity index (χ2n) is 6.96. The first-order valence-electron chi connectivity index (χ1n) is 9.25. The SMILES string of the molecule is O=C1C(=O)N(Cc2cccnc2)[C@@H](c2ccc(Cl)cc2Cl)/C1=C(\O)c1ccc(Cl)cc1. The fraction of sp³-hybridized carbons (Fsp3) is 0.0870. The van der Waals surface area contributed by atoms with Crippen LogP contribution in [-0.4, -0.2) is 26.7 Å². The lowest BCUT2D eigenvalue weighted by Gasteiger charge is -2.26. The minimum Gasteiger partial charge on any atom is -0.507 e. The molecule has 8 heteroatoms. The number of amides is 1. The standard InChI is InChI=1S/C23H15Cl3N2O3/c24-15-5-3-14(4-6-15)21(29)19-20(17-8-7-16(25)10-18(17)26)28(23(31)22(19)30)12-13-2-1-9-27-11-13/h1-11,20,29H,12H2/b21-19+/t20-/m0/s1. The van der Waals surface area contributed by atoms with Gasteiger partial charge in [-0.3, -0.25) is 14.6 Å². The van der Waals surface area contributed by atoms with E-state index in [1.807, 2.05) is 0 Å². The molecule has 1 amide bonds. The van der Waals surface area contributed by atoms with Crippen LogP contribution in [0, 0.1) is 0 Å². The van der Waals surface area contributed by atoms with Gasteiger partial charge in [0.05, 0.1) is 11.6 Å². The van der Waals surface area contributed by atoms with E-state index in [1.54, 1.807) is 60.9 Å². The van der Waals surface area contributed by atoms with Gasteiger partial charge in [-0.1, -0.05) is 46.9 Å². The molecule has 0 saturated carbocycles. The number of likely N-dealkylation sites (tertiary alicyclic amines) is 1. The summed E-state index contributed by atoms with van der Waals surface area (Å²) in [6.07, 6.45) is 3.23. The molecular formula is C23H15Cl3N2O3. The van der Waals surface area contributed by atoms with Crippen LogP contribution in [-0.2, 0) is 16.1 Å². The van der Waals surface area contributed by atoms with Crippen molar-refractivity contribution in [3.63, 3.8) is 0 Å². The summed E-state index contributed by atoms with van der Waals surface area (Å²) in [6.45, 7) is 0.111. The highest BCUT2D eigenvalue weighted by atomic mass is 35.5. The molecule has 0 aliphatic carbocycles. The number of rotatable bonds is 4. The number of pyridine rings is 1. The van der Waals surface area contributed by atoms with Gasteiger partial charge in [0.15, 0.2) is 0 Å². The van der Waals surface area contributed by atoms with Crippen molar-refractivity contribution in [2.45, 2.75) is 12.6 Å². The molecule has 1 aliphatic rings. The zero-order valence-electron chi connectivity index (χ0n) is 15.9. The summed E-state index contributed by atoms with van der Waals surface area (Å²) < 4.78 is 0. The van der Waals surface area contributed by atoms with Gasteiger partial charge in [-0.05, 0) is 53.6 Å². The molecule has 1 N–H and O–H groups in total. The Bertz CT molecular complexity index is 1190. The molecule has 0 bridgehead atoms. The fourth-order valence-electron chi connectivity index (χ4n) is 3.54. The van der Waals surface area contributed by atoms with E-state index in [2.05, 4.69) is 4.98 Å². The van der Waals surface area contributed by atoms with Crippen LogP contribution in [0.5, 0.6) is 0 Å². The summed E-state index contributed by atoms with van der Waals surface area (Å²) in [4.78, 5) is 31.5. The van der Waals surface area contributed by atoms with Gasteiger partial charge < -0.3 is 10.0 Å². The first kappa shape index (κ1) is 21.4. The summed E-state index contributed by atoms with van der Waals surface area (Å²) in [5.41, 5.74) is 1.51. The Kier molecular flexibility index (Phi) is 6.01. The van der Waals surface area contributed by atoms with Crippen LogP contribution in [0.3, 0.4) is 0 Å². The Balaban J connectivity index is 1.89. The molecule has 0 radical (unpaired) electrons. The molecule has 5 nitrogen and oxygen atoms in total. The normalized spacial score (nSPS) is 17.9. The first-order chi connectivity index (χ1) is 14.9. The van der Waals surface area contributed by atoms with Crippen molar-refractivity contribution in [2.75, 3.05) is 0 Å². The highest BCUT2D eigenvalue weighted by Crippen LogP contribution is 2.43. The van der Waals surface area contributed by atoms with Crippen molar-refractivity contribution >= 4 is 52.3 Å². The fourth-order valence-corrected chi connectivity index (χ4v) is 4.18. The molecule has 0 unspecified atom stereocenters. The first-order valence-corrected chi connectivity index (χ1v) is 10.4. The molecule has 1 aliphatic heterocycles. The van der Waals surface area contributed by atoms with Crippen molar-refractivity contribution in [3.05, 3.63) is 104 Å². The third kappa shape index (κ3) is 4.17. The third-order valence-corrected chi connectivity index (χ3v) is 5.80. The molecule has 0 spiro atoms. The Hall–Kier alpha value is -2.86. The van der Waals surface area contributed by atoms with Crippen molar-refractivity contribution in [1.29, 1.82) is 0 Å². The number of aliphatic hydroxyl groups excluding tert-OH is 1. The number of nitrogens with zero attached hydrogens (tertiary/aromatic N) is 2. The minimum atomic E-state index is -0.902. The van der Waals surface area contributed by atoms with Gasteiger partial charge in [-0.2, -0.15) is 0 Å². The Morgan fingerprint density at radius 3 is 2.35 bits per heavy atom. The molecule has 156 valence electrons. The van der Waals surface area contributed by atoms with E-state index >= 15 is 0 Å². The summed E-state index contributed by atoms with van der Waals surface area (Å²) in [7, 11) is 0. The van der Waals surface area contributed by atoms with Crippen molar-refractivity contribution in [1.82, 2.24) is 9.88 Å². The zero-order chi connectivity index (χ0) is 22.1. The number of hydrogen-bond acceptors (Lipinski definition) is 4. The van der Waals surface area contributed by atoms with Gasteiger partial charge in [0.1, 0.15) is 5.76 Å². The summed E-state index contributed by atoms with van der Waals surface area (Å²) >= 11 is 18.4. The van der Waals surface area contributed by atoms with E-state index in [1.165, 1.54) is 11.0 Å². The Labute approximate surface area is 193 Å². The number of Topliss-reactive ketones (excluding diaryl/α,β-unsaturated/α-hetero) is 1. The molecule has 2 heterocycles. The Morgan fingerprint density at radius 2 is 1.71 bits per heavy atom. The van der Waals surface area contributed by atoms with Gasteiger partial charge in [-0.15, -0.1) is 0 Å². The maximum absolute atomic E-state index is 13.0. The number of carbonyl (C=O) groups excluding carboxylic acids is 2. The maximum atomic E-state index is 13.0. The second-order valence-corrected chi connectivity index (χ2v) is 8.24. The van der Waals surface area contributed by atoms with Gasteiger partial charge in [0.25, 0.3) is 11.7 Å². The van der Waals surface area contributed by atoms with Crippen molar-refractivity contribution in [2.24, 2.45) is 0 Å². The number of aromatic nitrogens is 1. The number of carbonyl (C=O) groups is 2. The van der Waals surface area contributed by atoms with E-state index in [4.69, 9.17) is 34.8 Å². The van der Waals surface area contributed by atoms with E-state index < -0.39 is 17.7 Å². The molecule has 1 fully saturated rings. The van der Waals surface area contributed by atoms with E-state index in [-0.39, 0.29) is 22.9 Å². The van der Waals surface area contributed by atoms with Gasteiger partial charge in [0.2, 0.25) is 0 Å². The summed E-state index contributed by atoms with van der Waals surface area (Å²) in [6, 6.07) is 13.8. The zero-order valence-corrected chi connectivity index (χ0v) is 18.2. The molecule has 2 aromatic carbocycles. The van der Waals surface area contributed by atoms with Crippen LogP contribution in [0.15, 0.2) is 72.6 Å². The molecule has 4 rings (SSSR count). The molecule has 1 aromatic heterocycles. The molecular weight excluding hydrogens is 459 g/mol.